The van der Waals surface area contributed by atoms with E-state index in [1.807, 2.05) is 0 Å². The molecular weight excluding hydrogens is 354 g/mol. The highest BCUT2D eigenvalue weighted by Gasteiger charge is 2.23. The summed E-state index contributed by atoms with van der Waals surface area (Å²) in [5.41, 5.74) is 1.57. The van der Waals surface area contributed by atoms with E-state index in [0.717, 1.165) is 49.1 Å². The van der Waals surface area contributed by atoms with Crippen LogP contribution < -0.4 is 0 Å². The van der Waals surface area contributed by atoms with Crippen molar-refractivity contribution >= 4 is 41.6 Å². The van der Waals surface area contributed by atoms with Crippen LogP contribution in [0.25, 0.3) is 5.69 Å². The number of carbonyl (C=O) groups is 1. The summed E-state index contributed by atoms with van der Waals surface area (Å²) < 4.78 is 15.4. The van der Waals surface area contributed by atoms with Crippen molar-refractivity contribution in [2.24, 2.45) is 0 Å². The molecule has 8 heteroatoms. The number of hydrogen-bond acceptors (Lipinski definition) is 2. The van der Waals surface area contributed by atoms with E-state index in [1.165, 1.54) is 4.68 Å². The Morgan fingerprint density at radius 1 is 1.27 bits per heavy atom. The van der Waals surface area contributed by atoms with Crippen LogP contribution in [-0.2, 0) is 12.8 Å². The van der Waals surface area contributed by atoms with Gasteiger partial charge in [-0.15, -0.1) is 12.4 Å². The number of fused-ring (bicyclic) bond motifs is 1. The zero-order chi connectivity index (χ0) is 15.1. The Labute approximate surface area is 142 Å². The molecule has 0 saturated carbocycles. The van der Waals surface area contributed by atoms with Crippen LogP contribution in [0.3, 0.4) is 0 Å². The SMILES string of the molecule is Cl.O=C(O)c1cc(-n2nc3c(c2Cl)CCCC3)c(F)cc1Cl. The molecule has 118 valence electrons. The number of carboxylic acids is 1. The molecule has 22 heavy (non-hydrogen) atoms. The van der Waals surface area contributed by atoms with Gasteiger partial charge in [0.25, 0.3) is 0 Å². The summed E-state index contributed by atoms with van der Waals surface area (Å²) >= 11 is 12.0. The molecule has 1 aromatic heterocycles. The fourth-order valence-corrected chi connectivity index (χ4v) is 3.10. The molecular formula is C14H12Cl3FN2O2. The summed E-state index contributed by atoms with van der Waals surface area (Å²) in [7, 11) is 0. The number of rotatable bonds is 2. The second-order valence-corrected chi connectivity index (χ2v) is 5.69. The van der Waals surface area contributed by atoms with Crippen molar-refractivity contribution in [2.45, 2.75) is 25.7 Å². The van der Waals surface area contributed by atoms with Gasteiger partial charge in [-0.1, -0.05) is 23.2 Å². The van der Waals surface area contributed by atoms with E-state index >= 15 is 0 Å². The van der Waals surface area contributed by atoms with Crippen LogP contribution in [0.2, 0.25) is 10.2 Å². The summed E-state index contributed by atoms with van der Waals surface area (Å²) in [5, 5.41) is 13.6. The van der Waals surface area contributed by atoms with E-state index < -0.39 is 11.8 Å². The van der Waals surface area contributed by atoms with Crippen molar-refractivity contribution in [2.75, 3.05) is 0 Å². The van der Waals surface area contributed by atoms with Gasteiger partial charge in [-0.05, 0) is 37.8 Å². The topological polar surface area (TPSA) is 55.1 Å². The molecule has 1 heterocycles. The van der Waals surface area contributed by atoms with Crippen LogP contribution in [0.5, 0.6) is 0 Å². The molecule has 0 spiro atoms. The molecule has 1 aliphatic rings. The fourth-order valence-electron chi connectivity index (χ4n) is 2.54. The predicted molar refractivity (Wildman–Crippen MR) is 84.4 cm³/mol. The Morgan fingerprint density at radius 3 is 2.59 bits per heavy atom. The second-order valence-electron chi connectivity index (χ2n) is 4.92. The summed E-state index contributed by atoms with van der Waals surface area (Å²) in [6, 6.07) is 2.13. The normalized spacial score (nSPS) is 13.4. The number of nitrogens with zero attached hydrogens (tertiary/aromatic N) is 2. The third-order valence-electron chi connectivity index (χ3n) is 3.59. The van der Waals surface area contributed by atoms with E-state index in [2.05, 4.69) is 5.10 Å². The maximum atomic E-state index is 14.1. The zero-order valence-corrected chi connectivity index (χ0v) is 13.6. The summed E-state index contributed by atoms with van der Waals surface area (Å²) in [5.74, 6) is -1.89. The lowest BCUT2D eigenvalue weighted by molar-refractivity contribution is 0.0697. The van der Waals surface area contributed by atoms with Crippen LogP contribution in [0.1, 0.15) is 34.5 Å². The Balaban J connectivity index is 0.00000176. The molecule has 0 unspecified atom stereocenters. The van der Waals surface area contributed by atoms with Crippen molar-refractivity contribution in [3.63, 3.8) is 0 Å². The predicted octanol–water partition coefficient (Wildman–Crippen LogP) is 4.32. The minimum absolute atomic E-state index is 0. The van der Waals surface area contributed by atoms with Crippen LogP contribution >= 0.6 is 35.6 Å². The van der Waals surface area contributed by atoms with E-state index in [-0.39, 0.29) is 28.7 Å². The zero-order valence-electron chi connectivity index (χ0n) is 11.3. The first-order valence-electron chi connectivity index (χ1n) is 6.48. The third-order valence-corrected chi connectivity index (χ3v) is 4.29. The molecule has 1 aliphatic carbocycles. The number of carboxylic acid groups (broad SMARTS) is 1. The van der Waals surface area contributed by atoms with Crippen molar-refractivity contribution < 1.29 is 14.3 Å². The van der Waals surface area contributed by atoms with Crippen molar-refractivity contribution in [3.8, 4) is 5.69 Å². The summed E-state index contributed by atoms with van der Waals surface area (Å²) in [6.45, 7) is 0. The average Bonchev–Trinajstić information content (AvgIpc) is 2.76. The van der Waals surface area contributed by atoms with Crippen LogP contribution in [0.4, 0.5) is 4.39 Å². The molecule has 0 aliphatic heterocycles. The molecule has 3 rings (SSSR count). The molecule has 0 atom stereocenters. The Hall–Kier alpha value is -1.30. The molecule has 2 aromatic rings. The molecule has 0 bridgehead atoms. The van der Waals surface area contributed by atoms with Gasteiger partial charge < -0.3 is 5.11 Å². The third kappa shape index (κ3) is 2.81. The van der Waals surface area contributed by atoms with Gasteiger partial charge in [-0.2, -0.15) is 5.10 Å². The van der Waals surface area contributed by atoms with Gasteiger partial charge in [-0.3, -0.25) is 0 Å². The fraction of sp³-hybridized carbons (Fsp3) is 0.286. The Morgan fingerprint density at radius 2 is 1.95 bits per heavy atom. The smallest absolute Gasteiger partial charge is 0.337 e. The lowest BCUT2D eigenvalue weighted by atomic mass is 9.99. The molecule has 1 N–H and O–H groups in total. The van der Waals surface area contributed by atoms with Gasteiger partial charge in [0.1, 0.15) is 16.7 Å². The largest absolute Gasteiger partial charge is 0.478 e. The van der Waals surface area contributed by atoms with Crippen LogP contribution in [0, 0.1) is 5.82 Å². The monoisotopic (exact) mass is 364 g/mol. The Kier molecular flexibility index (Phi) is 5.00. The van der Waals surface area contributed by atoms with Gasteiger partial charge in [0.05, 0.1) is 16.3 Å². The quantitative estimate of drug-likeness (QED) is 0.862. The van der Waals surface area contributed by atoms with Crippen molar-refractivity contribution in [3.05, 3.63) is 44.9 Å². The number of aromatic nitrogens is 2. The van der Waals surface area contributed by atoms with E-state index in [9.17, 15) is 9.18 Å². The molecule has 4 nitrogen and oxygen atoms in total. The number of aromatic carboxylic acids is 1. The van der Waals surface area contributed by atoms with E-state index in [4.69, 9.17) is 28.3 Å². The van der Waals surface area contributed by atoms with Gasteiger partial charge in [-0.25, -0.2) is 13.9 Å². The lowest BCUT2D eigenvalue weighted by Crippen LogP contribution is -2.05. The number of hydrogen-bond donors (Lipinski definition) is 1. The summed E-state index contributed by atoms with van der Waals surface area (Å²) in [4.78, 5) is 11.1. The Bertz CT molecular complexity index is 746. The van der Waals surface area contributed by atoms with Gasteiger partial charge in [0.2, 0.25) is 0 Å². The molecule has 0 radical (unpaired) electrons. The highest BCUT2D eigenvalue weighted by Crippen LogP contribution is 2.32. The standard InChI is InChI=1S/C14H11Cl2FN2O2.ClH/c15-9-6-10(17)12(5-8(9)14(20)21)19-13(16)7-3-1-2-4-11(7)18-19;/h5-6H,1-4H2,(H,20,21);1H. The maximum Gasteiger partial charge on any atom is 0.337 e. The minimum Gasteiger partial charge on any atom is -0.478 e. The molecule has 0 amide bonds. The van der Waals surface area contributed by atoms with Gasteiger partial charge >= 0.3 is 5.97 Å². The first-order valence-corrected chi connectivity index (χ1v) is 7.23. The highest BCUT2D eigenvalue weighted by atomic mass is 35.5. The minimum atomic E-state index is -1.23. The average molecular weight is 366 g/mol. The first-order chi connectivity index (χ1) is 9.99. The number of halogens is 4. The second kappa shape index (κ2) is 6.44. The van der Waals surface area contributed by atoms with Gasteiger partial charge in [0, 0.05) is 5.56 Å². The highest BCUT2D eigenvalue weighted by molar-refractivity contribution is 6.33. The first kappa shape index (κ1) is 17.1. The van der Waals surface area contributed by atoms with Crippen LogP contribution in [0.15, 0.2) is 12.1 Å². The molecule has 0 saturated heterocycles. The van der Waals surface area contributed by atoms with Crippen LogP contribution in [-0.4, -0.2) is 20.9 Å². The number of benzene rings is 1. The lowest BCUT2D eigenvalue weighted by Gasteiger charge is -2.08. The summed E-state index contributed by atoms with van der Waals surface area (Å²) in [6.07, 6.45) is 3.63. The molecule has 0 fully saturated rings. The van der Waals surface area contributed by atoms with E-state index in [0.29, 0.717) is 5.15 Å². The van der Waals surface area contributed by atoms with Gasteiger partial charge in [0.15, 0.2) is 0 Å². The van der Waals surface area contributed by atoms with Crippen molar-refractivity contribution in [1.82, 2.24) is 9.78 Å². The van der Waals surface area contributed by atoms with E-state index in [1.54, 1.807) is 0 Å². The molecule has 1 aromatic carbocycles. The van der Waals surface area contributed by atoms with Crippen molar-refractivity contribution in [1.29, 1.82) is 0 Å². The number of aryl methyl sites for hydroxylation is 1. The maximum absolute atomic E-state index is 14.1.